The van der Waals surface area contributed by atoms with Gasteiger partial charge < -0.3 is 19.3 Å². The van der Waals surface area contributed by atoms with Gasteiger partial charge in [-0.25, -0.2) is 4.98 Å². The van der Waals surface area contributed by atoms with Crippen molar-refractivity contribution in [2.24, 2.45) is 0 Å². The number of hydrogen-bond donors (Lipinski definition) is 0. The Bertz CT molecular complexity index is 864. The van der Waals surface area contributed by atoms with Gasteiger partial charge in [-0.2, -0.15) is 0 Å². The molecule has 3 heterocycles. The molecule has 1 aromatic carbocycles. The number of benzene rings is 1. The Balaban J connectivity index is 1.44. The average Bonchev–Trinajstić information content (AvgIpc) is 2.73. The Kier molecular flexibility index (Phi) is 4.62. The lowest BCUT2D eigenvalue weighted by Crippen LogP contribution is -2.50. The Hall–Kier alpha value is -3.16. The molecule has 8 heteroatoms. The molecule has 2 amide bonds. The molecule has 4 rings (SSSR count). The highest BCUT2D eigenvalue weighted by Gasteiger charge is 2.28. The lowest BCUT2D eigenvalue weighted by atomic mass is 10.1. The summed E-state index contributed by atoms with van der Waals surface area (Å²) in [5.41, 5.74) is 1.77. The van der Waals surface area contributed by atoms with Crippen molar-refractivity contribution in [2.75, 3.05) is 39.4 Å². The van der Waals surface area contributed by atoms with Gasteiger partial charge in [0, 0.05) is 44.1 Å². The predicted octanol–water partition coefficient (Wildman–Crippen LogP) is 1.15. The lowest BCUT2D eigenvalue weighted by molar-refractivity contribution is 0.0531. The highest BCUT2D eigenvalue weighted by Crippen LogP contribution is 2.33. The van der Waals surface area contributed by atoms with Crippen molar-refractivity contribution in [2.45, 2.75) is 6.92 Å². The van der Waals surface area contributed by atoms with Crippen molar-refractivity contribution in [3.8, 4) is 11.5 Å². The van der Waals surface area contributed by atoms with Gasteiger partial charge in [-0.05, 0) is 24.6 Å². The van der Waals surface area contributed by atoms with Gasteiger partial charge in [-0.15, -0.1) is 0 Å². The molecule has 0 aliphatic carbocycles. The molecule has 0 saturated carbocycles. The van der Waals surface area contributed by atoms with Gasteiger partial charge in [0.15, 0.2) is 11.5 Å². The molecule has 0 spiro atoms. The van der Waals surface area contributed by atoms with Gasteiger partial charge in [0.2, 0.25) is 0 Å². The molecule has 1 fully saturated rings. The first-order valence-electron chi connectivity index (χ1n) is 8.88. The van der Waals surface area contributed by atoms with E-state index in [0.29, 0.717) is 62.1 Å². The van der Waals surface area contributed by atoms with Crippen LogP contribution in [0, 0.1) is 6.92 Å². The van der Waals surface area contributed by atoms with Crippen molar-refractivity contribution in [1.29, 1.82) is 0 Å². The third kappa shape index (κ3) is 3.42. The van der Waals surface area contributed by atoms with Crippen LogP contribution in [-0.2, 0) is 0 Å². The molecular weight excluding hydrogens is 348 g/mol. The molecule has 0 bridgehead atoms. The first-order valence-corrected chi connectivity index (χ1v) is 8.88. The topological polar surface area (TPSA) is 84.9 Å². The van der Waals surface area contributed by atoms with E-state index in [1.807, 2.05) is 13.0 Å². The van der Waals surface area contributed by atoms with Crippen molar-refractivity contribution in [3.05, 3.63) is 47.5 Å². The fraction of sp³-hybridized carbons (Fsp3) is 0.368. The van der Waals surface area contributed by atoms with Gasteiger partial charge in [-0.3, -0.25) is 14.6 Å². The maximum atomic E-state index is 13.0. The number of carbonyl (C=O) groups is 2. The Labute approximate surface area is 156 Å². The van der Waals surface area contributed by atoms with Gasteiger partial charge in [0.25, 0.3) is 11.8 Å². The molecule has 0 radical (unpaired) electrons. The summed E-state index contributed by atoms with van der Waals surface area (Å²) in [6.07, 6.45) is 4.49. The molecule has 1 saturated heterocycles. The summed E-state index contributed by atoms with van der Waals surface area (Å²) in [5.74, 6) is 1.06. The second-order valence-corrected chi connectivity index (χ2v) is 6.49. The van der Waals surface area contributed by atoms with Crippen molar-refractivity contribution >= 4 is 11.8 Å². The number of piperazine rings is 1. The van der Waals surface area contributed by atoms with Crippen LogP contribution in [0.2, 0.25) is 0 Å². The van der Waals surface area contributed by atoms with Crippen molar-refractivity contribution in [1.82, 2.24) is 19.8 Å². The van der Waals surface area contributed by atoms with E-state index in [0.717, 1.165) is 5.56 Å². The van der Waals surface area contributed by atoms with Crippen LogP contribution in [0.3, 0.4) is 0 Å². The van der Waals surface area contributed by atoms with E-state index in [1.54, 1.807) is 15.9 Å². The number of carbonyl (C=O) groups excluding carboxylic acids is 2. The first-order chi connectivity index (χ1) is 13.1. The van der Waals surface area contributed by atoms with Crippen LogP contribution in [0.25, 0.3) is 0 Å². The number of aryl methyl sites for hydroxylation is 1. The van der Waals surface area contributed by atoms with Crippen LogP contribution >= 0.6 is 0 Å². The van der Waals surface area contributed by atoms with E-state index in [4.69, 9.17) is 9.47 Å². The normalized spacial score (nSPS) is 16.2. The van der Waals surface area contributed by atoms with Crippen molar-refractivity contribution in [3.63, 3.8) is 0 Å². The fourth-order valence-electron chi connectivity index (χ4n) is 3.28. The largest absolute Gasteiger partial charge is 0.486 e. The Morgan fingerprint density at radius 1 is 0.926 bits per heavy atom. The van der Waals surface area contributed by atoms with Gasteiger partial charge in [-0.1, -0.05) is 0 Å². The van der Waals surface area contributed by atoms with Crippen LogP contribution in [0.15, 0.2) is 30.7 Å². The van der Waals surface area contributed by atoms with E-state index < -0.39 is 0 Å². The van der Waals surface area contributed by atoms with Crippen LogP contribution in [0.1, 0.15) is 26.4 Å². The predicted molar refractivity (Wildman–Crippen MR) is 96.0 cm³/mol. The summed E-state index contributed by atoms with van der Waals surface area (Å²) in [6.45, 7) is 4.75. The van der Waals surface area contributed by atoms with Gasteiger partial charge in [0.05, 0.1) is 6.20 Å². The quantitative estimate of drug-likeness (QED) is 0.791. The van der Waals surface area contributed by atoms with Crippen LogP contribution in [0.5, 0.6) is 11.5 Å². The van der Waals surface area contributed by atoms with Crippen LogP contribution in [0.4, 0.5) is 0 Å². The Morgan fingerprint density at radius 2 is 1.56 bits per heavy atom. The second-order valence-electron chi connectivity index (χ2n) is 6.49. The summed E-state index contributed by atoms with van der Waals surface area (Å²) in [4.78, 5) is 36.8. The first kappa shape index (κ1) is 17.3. The summed E-state index contributed by atoms with van der Waals surface area (Å²) in [6, 6.07) is 3.60. The summed E-state index contributed by atoms with van der Waals surface area (Å²) in [5, 5.41) is 0. The minimum absolute atomic E-state index is 0.0592. The standard InChI is InChI=1S/C19H20N4O4/c1-13-10-16-17(27-9-8-26-16)11-14(13)18(24)22-4-6-23(7-5-22)19(25)15-12-20-2-3-21-15/h2-3,10-12H,4-9H2,1H3. The smallest absolute Gasteiger partial charge is 0.274 e. The molecule has 2 aliphatic rings. The minimum Gasteiger partial charge on any atom is -0.486 e. The highest BCUT2D eigenvalue weighted by atomic mass is 16.6. The molecule has 0 N–H and O–H groups in total. The number of rotatable bonds is 2. The van der Waals surface area contributed by atoms with E-state index in [1.165, 1.54) is 18.6 Å². The van der Waals surface area contributed by atoms with Crippen LogP contribution < -0.4 is 9.47 Å². The number of amides is 2. The third-order valence-corrected chi connectivity index (χ3v) is 4.76. The molecule has 2 aromatic rings. The number of aromatic nitrogens is 2. The molecule has 140 valence electrons. The molecule has 27 heavy (non-hydrogen) atoms. The average molecular weight is 368 g/mol. The zero-order valence-corrected chi connectivity index (χ0v) is 15.1. The number of fused-ring (bicyclic) bond motifs is 1. The number of nitrogens with zero attached hydrogens (tertiary/aromatic N) is 4. The second kappa shape index (κ2) is 7.22. The molecule has 8 nitrogen and oxygen atoms in total. The maximum absolute atomic E-state index is 13.0. The SMILES string of the molecule is Cc1cc2c(cc1C(=O)N1CCN(C(=O)c3cnccn3)CC1)OCCO2. The zero-order chi connectivity index (χ0) is 18.8. The maximum Gasteiger partial charge on any atom is 0.274 e. The van der Waals surface area contributed by atoms with Crippen LogP contribution in [-0.4, -0.2) is 71.0 Å². The number of ether oxygens (including phenoxy) is 2. The summed E-state index contributed by atoms with van der Waals surface area (Å²) in [7, 11) is 0. The molecule has 0 atom stereocenters. The molecule has 2 aliphatic heterocycles. The molecule has 0 unspecified atom stereocenters. The van der Waals surface area contributed by atoms with E-state index in [9.17, 15) is 9.59 Å². The van der Waals surface area contributed by atoms with E-state index >= 15 is 0 Å². The zero-order valence-electron chi connectivity index (χ0n) is 15.1. The molecular formula is C19H20N4O4. The summed E-state index contributed by atoms with van der Waals surface area (Å²) >= 11 is 0. The monoisotopic (exact) mass is 368 g/mol. The van der Waals surface area contributed by atoms with Crippen molar-refractivity contribution < 1.29 is 19.1 Å². The summed E-state index contributed by atoms with van der Waals surface area (Å²) < 4.78 is 11.2. The minimum atomic E-state index is -0.161. The van der Waals surface area contributed by atoms with E-state index in [-0.39, 0.29) is 11.8 Å². The van der Waals surface area contributed by atoms with Gasteiger partial charge >= 0.3 is 0 Å². The highest BCUT2D eigenvalue weighted by molar-refractivity contribution is 5.97. The number of hydrogen-bond acceptors (Lipinski definition) is 6. The Morgan fingerprint density at radius 3 is 2.19 bits per heavy atom. The lowest BCUT2D eigenvalue weighted by Gasteiger charge is -2.35. The fourth-order valence-corrected chi connectivity index (χ4v) is 3.28. The van der Waals surface area contributed by atoms with Gasteiger partial charge in [0.1, 0.15) is 18.9 Å². The molecule has 1 aromatic heterocycles. The third-order valence-electron chi connectivity index (χ3n) is 4.76. The van der Waals surface area contributed by atoms with E-state index in [2.05, 4.69) is 9.97 Å².